The molecule has 70 valence electrons. The molecular weight excluding hydrogens is 184 g/mol. The second-order valence-corrected chi connectivity index (χ2v) is 1.92. The van der Waals surface area contributed by atoms with Crippen molar-refractivity contribution < 1.29 is 23.1 Å². The Balaban J connectivity index is 4.53. The molecule has 6 heteroatoms. The number of ether oxygens (including phenoxy) is 1. The number of carbonyl (C=O) groups excluding carboxylic acids is 2. The van der Waals surface area contributed by atoms with E-state index < -0.39 is 23.8 Å². The normalized spacial score (nSPS) is 10.8. The van der Waals surface area contributed by atoms with Gasteiger partial charge in [0.15, 0.2) is 0 Å². The fourth-order valence-corrected chi connectivity index (χ4v) is 0.399. The standard InChI is InChI=1S/C7H5F2NO3/c1-4(11)13-3-5(2-10)6(12)7(8)9/h3,7H,1H3. The Morgan fingerprint density at radius 2 is 2.08 bits per heavy atom. The van der Waals surface area contributed by atoms with Crippen molar-refractivity contribution in [3.63, 3.8) is 0 Å². The summed E-state index contributed by atoms with van der Waals surface area (Å²) in [5.74, 6) is -2.46. The van der Waals surface area contributed by atoms with Crippen LogP contribution < -0.4 is 0 Å². The van der Waals surface area contributed by atoms with Crippen molar-refractivity contribution in [2.24, 2.45) is 0 Å². The Bertz CT molecular complexity index is 291. The van der Waals surface area contributed by atoms with E-state index in [1.165, 1.54) is 6.07 Å². The van der Waals surface area contributed by atoms with Crippen molar-refractivity contribution in [1.82, 2.24) is 0 Å². The van der Waals surface area contributed by atoms with Crippen molar-refractivity contribution >= 4 is 11.8 Å². The number of nitriles is 1. The van der Waals surface area contributed by atoms with Crippen LogP contribution in [0.4, 0.5) is 8.78 Å². The minimum Gasteiger partial charge on any atom is -0.433 e. The topological polar surface area (TPSA) is 67.2 Å². The summed E-state index contributed by atoms with van der Waals surface area (Å²) < 4.78 is 27.5. The Hall–Kier alpha value is -1.77. The lowest BCUT2D eigenvalue weighted by atomic mass is 10.2. The molecule has 0 rings (SSSR count). The second kappa shape index (κ2) is 4.98. The first-order valence-corrected chi connectivity index (χ1v) is 3.09. The average molecular weight is 189 g/mol. The van der Waals surface area contributed by atoms with Gasteiger partial charge in [0.1, 0.15) is 17.9 Å². The molecule has 0 aromatic heterocycles. The quantitative estimate of drug-likeness (QED) is 0.285. The summed E-state index contributed by atoms with van der Waals surface area (Å²) in [6.45, 7) is 1.01. The summed E-state index contributed by atoms with van der Waals surface area (Å²) in [6.07, 6.45) is -2.86. The monoisotopic (exact) mass is 189 g/mol. The molecule has 0 aromatic carbocycles. The first-order valence-electron chi connectivity index (χ1n) is 3.09. The zero-order chi connectivity index (χ0) is 10.4. The Kier molecular flexibility index (Phi) is 4.30. The first-order chi connectivity index (χ1) is 5.99. The number of esters is 1. The van der Waals surface area contributed by atoms with E-state index in [4.69, 9.17) is 5.26 Å². The van der Waals surface area contributed by atoms with E-state index in [0.717, 1.165) is 6.92 Å². The number of ketones is 1. The fraction of sp³-hybridized carbons (Fsp3) is 0.286. The number of hydrogen-bond donors (Lipinski definition) is 0. The Morgan fingerprint density at radius 1 is 1.54 bits per heavy atom. The Labute approximate surface area is 72.4 Å². The van der Waals surface area contributed by atoms with Gasteiger partial charge < -0.3 is 4.74 Å². The lowest BCUT2D eigenvalue weighted by Crippen LogP contribution is -2.12. The number of Topliss-reactive ketones (excluding diaryl/α,β-unsaturated/α-hetero) is 1. The van der Waals surface area contributed by atoms with Crippen molar-refractivity contribution in [2.45, 2.75) is 13.3 Å². The molecule has 0 saturated heterocycles. The van der Waals surface area contributed by atoms with E-state index in [1.807, 2.05) is 0 Å². The van der Waals surface area contributed by atoms with Crippen LogP contribution in [0, 0.1) is 11.3 Å². The maximum absolute atomic E-state index is 11.7. The molecule has 0 atom stereocenters. The van der Waals surface area contributed by atoms with Gasteiger partial charge in [-0.05, 0) is 0 Å². The molecule has 0 spiro atoms. The van der Waals surface area contributed by atoms with Gasteiger partial charge in [0.25, 0.3) is 0 Å². The molecule has 0 N–H and O–H groups in total. The van der Waals surface area contributed by atoms with Gasteiger partial charge >= 0.3 is 12.4 Å². The first kappa shape index (κ1) is 11.2. The SMILES string of the molecule is CC(=O)OC=C(C#N)C(=O)C(F)F. The van der Waals surface area contributed by atoms with Crippen LogP contribution >= 0.6 is 0 Å². The largest absolute Gasteiger partial charge is 0.433 e. The summed E-state index contributed by atoms with van der Waals surface area (Å²) in [7, 11) is 0. The molecule has 0 heterocycles. The van der Waals surface area contributed by atoms with E-state index in [-0.39, 0.29) is 0 Å². The van der Waals surface area contributed by atoms with Crippen LogP contribution in [-0.2, 0) is 14.3 Å². The van der Waals surface area contributed by atoms with Crippen LogP contribution in [0.5, 0.6) is 0 Å². The number of alkyl halides is 2. The van der Waals surface area contributed by atoms with Crippen molar-refractivity contribution in [1.29, 1.82) is 5.26 Å². The van der Waals surface area contributed by atoms with Crippen molar-refractivity contribution in [3.8, 4) is 6.07 Å². The van der Waals surface area contributed by atoms with Gasteiger partial charge in [-0.15, -0.1) is 0 Å². The summed E-state index contributed by atoms with van der Waals surface area (Å²) in [6, 6.07) is 1.19. The lowest BCUT2D eigenvalue weighted by Gasteiger charge is -1.96. The van der Waals surface area contributed by atoms with Gasteiger partial charge in [0, 0.05) is 6.92 Å². The van der Waals surface area contributed by atoms with Crippen LogP contribution in [0.2, 0.25) is 0 Å². The third-order valence-corrected chi connectivity index (χ3v) is 0.927. The smallest absolute Gasteiger partial charge is 0.307 e. The van der Waals surface area contributed by atoms with E-state index in [2.05, 4.69) is 4.74 Å². The van der Waals surface area contributed by atoms with Gasteiger partial charge in [0.05, 0.1) is 0 Å². The molecule has 0 fully saturated rings. The van der Waals surface area contributed by atoms with Crippen LogP contribution in [0.25, 0.3) is 0 Å². The number of hydrogen-bond acceptors (Lipinski definition) is 4. The van der Waals surface area contributed by atoms with E-state index in [9.17, 15) is 18.4 Å². The van der Waals surface area contributed by atoms with Crippen LogP contribution in [0.3, 0.4) is 0 Å². The van der Waals surface area contributed by atoms with Gasteiger partial charge in [-0.2, -0.15) is 5.26 Å². The molecule has 0 unspecified atom stereocenters. The molecule has 0 amide bonds. The molecule has 0 aliphatic rings. The van der Waals surface area contributed by atoms with Crippen LogP contribution in [0.15, 0.2) is 11.8 Å². The average Bonchev–Trinajstić information content (AvgIpc) is 2.04. The summed E-state index contributed by atoms with van der Waals surface area (Å²) >= 11 is 0. The minimum absolute atomic E-state index is 0.414. The summed E-state index contributed by atoms with van der Waals surface area (Å²) in [4.78, 5) is 20.6. The zero-order valence-electron chi connectivity index (χ0n) is 6.58. The highest BCUT2D eigenvalue weighted by molar-refractivity contribution is 6.01. The highest BCUT2D eigenvalue weighted by Crippen LogP contribution is 2.04. The van der Waals surface area contributed by atoms with Gasteiger partial charge in [0.2, 0.25) is 5.78 Å². The maximum Gasteiger partial charge on any atom is 0.307 e. The Morgan fingerprint density at radius 3 is 2.38 bits per heavy atom. The molecule has 0 aromatic rings. The molecule has 0 aliphatic carbocycles. The predicted octanol–water partition coefficient (Wildman–Crippen LogP) is 0.791. The highest BCUT2D eigenvalue weighted by atomic mass is 19.3. The van der Waals surface area contributed by atoms with Crippen LogP contribution in [0.1, 0.15) is 6.92 Å². The summed E-state index contributed by atoms with van der Waals surface area (Å²) in [5.41, 5.74) is -0.884. The van der Waals surface area contributed by atoms with E-state index >= 15 is 0 Å². The number of carbonyl (C=O) groups is 2. The number of rotatable bonds is 3. The lowest BCUT2D eigenvalue weighted by molar-refractivity contribution is -0.135. The summed E-state index contributed by atoms with van der Waals surface area (Å²) in [5, 5.41) is 8.19. The number of halogens is 2. The molecule has 0 aliphatic heterocycles. The molecular formula is C7H5F2NO3. The van der Waals surface area contributed by atoms with E-state index in [0.29, 0.717) is 6.26 Å². The predicted molar refractivity (Wildman–Crippen MR) is 36.5 cm³/mol. The third kappa shape index (κ3) is 3.96. The van der Waals surface area contributed by atoms with Gasteiger partial charge in [-0.25, -0.2) is 8.78 Å². The zero-order valence-corrected chi connectivity index (χ0v) is 6.58. The van der Waals surface area contributed by atoms with Crippen molar-refractivity contribution in [2.75, 3.05) is 0 Å². The maximum atomic E-state index is 11.7. The molecule has 0 saturated carbocycles. The molecule has 4 nitrogen and oxygen atoms in total. The third-order valence-electron chi connectivity index (χ3n) is 0.927. The minimum atomic E-state index is -3.28. The van der Waals surface area contributed by atoms with Gasteiger partial charge in [-0.3, -0.25) is 9.59 Å². The highest BCUT2D eigenvalue weighted by Gasteiger charge is 2.20. The van der Waals surface area contributed by atoms with E-state index in [1.54, 1.807) is 0 Å². The number of nitrogens with zero attached hydrogens (tertiary/aromatic N) is 1. The van der Waals surface area contributed by atoms with Crippen molar-refractivity contribution in [3.05, 3.63) is 11.8 Å². The second-order valence-electron chi connectivity index (χ2n) is 1.92. The molecule has 0 radical (unpaired) electrons. The van der Waals surface area contributed by atoms with Crippen LogP contribution in [-0.4, -0.2) is 18.2 Å². The molecule has 13 heavy (non-hydrogen) atoms. The fourth-order valence-electron chi connectivity index (χ4n) is 0.399. The number of allylic oxidation sites excluding steroid dienone is 1. The van der Waals surface area contributed by atoms with Gasteiger partial charge in [-0.1, -0.05) is 0 Å². The molecule has 0 bridgehead atoms.